The molecule has 0 aromatic heterocycles. The van der Waals surface area contributed by atoms with Crippen molar-refractivity contribution in [2.75, 3.05) is 7.11 Å². The number of Topliss-reactive ketones (excluding diaryl/α,β-unsaturated/α-hetero) is 1. The molecule has 0 aliphatic carbocycles. The van der Waals surface area contributed by atoms with Crippen LogP contribution in [0.4, 0.5) is 13.2 Å². The van der Waals surface area contributed by atoms with Crippen molar-refractivity contribution in [1.29, 1.82) is 0 Å². The predicted octanol–water partition coefficient (Wildman–Crippen LogP) is 2.15. The van der Waals surface area contributed by atoms with Gasteiger partial charge in [-0.15, -0.1) is 0 Å². The molecule has 82 valence electrons. The number of phenols is 1. The van der Waals surface area contributed by atoms with Crippen LogP contribution in [0.25, 0.3) is 0 Å². The molecule has 1 N–H and O–H groups in total. The Morgan fingerprint density at radius 2 is 2.00 bits per heavy atom. The van der Waals surface area contributed by atoms with Crippen molar-refractivity contribution in [3.63, 3.8) is 0 Å². The van der Waals surface area contributed by atoms with Crippen LogP contribution < -0.4 is 4.74 Å². The number of rotatable bonds is 2. The minimum atomic E-state index is -5.04. The van der Waals surface area contributed by atoms with Crippen LogP contribution in [0, 0.1) is 0 Å². The zero-order valence-corrected chi connectivity index (χ0v) is 7.63. The molecule has 0 aliphatic heterocycles. The molecule has 0 saturated heterocycles. The third-order valence-corrected chi connectivity index (χ3v) is 1.71. The number of alkyl halides is 3. The summed E-state index contributed by atoms with van der Waals surface area (Å²) in [5, 5.41) is 9.16. The monoisotopic (exact) mass is 220 g/mol. The molecule has 6 heteroatoms. The lowest BCUT2D eigenvalue weighted by Gasteiger charge is -2.10. The number of halogens is 3. The highest BCUT2D eigenvalue weighted by Gasteiger charge is 2.42. The van der Waals surface area contributed by atoms with Crippen LogP contribution in [0.5, 0.6) is 11.5 Å². The highest BCUT2D eigenvalue weighted by Crippen LogP contribution is 2.33. The molecule has 0 atom stereocenters. The Balaban J connectivity index is 3.30. The summed E-state index contributed by atoms with van der Waals surface area (Å²) in [7, 11) is 1.11. The molecular weight excluding hydrogens is 213 g/mol. The van der Waals surface area contributed by atoms with Gasteiger partial charge in [-0.3, -0.25) is 4.79 Å². The average molecular weight is 220 g/mol. The molecule has 0 fully saturated rings. The first-order chi connectivity index (χ1) is 6.88. The zero-order chi connectivity index (χ0) is 11.6. The summed E-state index contributed by atoms with van der Waals surface area (Å²) in [4.78, 5) is 10.9. The number of hydrogen-bond acceptors (Lipinski definition) is 3. The van der Waals surface area contributed by atoms with E-state index in [4.69, 9.17) is 5.11 Å². The lowest BCUT2D eigenvalue weighted by molar-refractivity contribution is -0.0888. The van der Waals surface area contributed by atoms with Gasteiger partial charge in [0.2, 0.25) is 0 Å². The molecule has 1 aromatic rings. The summed E-state index contributed by atoms with van der Waals surface area (Å²) in [6, 6.07) is 3.43. The number of carbonyl (C=O) groups excluding carboxylic acids is 1. The molecule has 0 spiro atoms. The highest BCUT2D eigenvalue weighted by molar-refractivity contribution is 6.04. The smallest absolute Gasteiger partial charge is 0.455 e. The van der Waals surface area contributed by atoms with Gasteiger partial charge >= 0.3 is 6.18 Å². The van der Waals surface area contributed by atoms with Crippen molar-refractivity contribution in [3.05, 3.63) is 23.8 Å². The van der Waals surface area contributed by atoms with Crippen LogP contribution >= 0.6 is 0 Å². The Labute approximate surface area is 83.1 Å². The van der Waals surface area contributed by atoms with E-state index in [9.17, 15) is 18.0 Å². The first-order valence-corrected chi connectivity index (χ1v) is 3.85. The zero-order valence-electron chi connectivity index (χ0n) is 7.63. The van der Waals surface area contributed by atoms with E-state index in [-0.39, 0.29) is 5.75 Å². The van der Waals surface area contributed by atoms with Gasteiger partial charge in [0, 0.05) is 0 Å². The summed E-state index contributed by atoms with van der Waals surface area (Å²) < 4.78 is 40.9. The van der Waals surface area contributed by atoms with Crippen LogP contribution in [-0.4, -0.2) is 24.2 Å². The van der Waals surface area contributed by atoms with Gasteiger partial charge in [-0.1, -0.05) is 6.07 Å². The van der Waals surface area contributed by atoms with E-state index >= 15 is 0 Å². The number of hydrogen-bond donors (Lipinski definition) is 1. The van der Waals surface area contributed by atoms with Crippen molar-refractivity contribution in [2.24, 2.45) is 0 Å². The maximum absolute atomic E-state index is 12.1. The summed E-state index contributed by atoms with van der Waals surface area (Å²) in [6.45, 7) is 0. The van der Waals surface area contributed by atoms with E-state index in [1.807, 2.05) is 0 Å². The summed E-state index contributed by atoms with van der Waals surface area (Å²) >= 11 is 0. The van der Waals surface area contributed by atoms with Crippen molar-refractivity contribution < 1.29 is 27.8 Å². The second-order valence-electron chi connectivity index (χ2n) is 2.68. The van der Waals surface area contributed by atoms with Gasteiger partial charge in [0.15, 0.2) is 0 Å². The lowest BCUT2D eigenvalue weighted by Crippen LogP contribution is -2.23. The minimum absolute atomic E-state index is 0.308. The van der Waals surface area contributed by atoms with Gasteiger partial charge < -0.3 is 9.84 Å². The van der Waals surface area contributed by atoms with Crippen LogP contribution in [0.15, 0.2) is 18.2 Å². The Kier molecular flexibility index (Phi) is 2.88. The molecule has 3 nitrogen and oxygen atoms in total. The quantitative estimate of drug-likeness (QED) is 0.776. The fraction of sp³-hybridized carbons (Fsp3) is 0.222. The number of benzene rings is 1. The van der Waals surface area contributed by atoms with Crippen molar-refractivity contribution >= 4 is 5.78 Å². The number of ketones is 1. The Hall–Kier alpha value is -1.72. The minimum Gasteiger partial charge on any atom is -0.507 e. The molecule has 1 rings (SSSR count). The third-order valence-electron chi connectivity index (χ3n) is 1.71. The van der Waals surface area contributed by atoms with Gasteiger partial charge in [-0.25, -0.2) is 0 Å². The van der Waals surface area contributed by atoms with Crippen molar-refractivity contribution in [3.8, 4) is 11.5 Å². The second-order valence-corrected chi connectivity index (χ2v) is 2.68. The van der Waals surface area contributed by atoms with E-state index in [0.717, 1.165) is 13.2 Å². The van der Waals surface area contributed by atoms with Gasteiger partial charge in [0.25, 0.3) is 5.78 Å². The van der Waals surface area contributed by atoms with Crippen LogP contribution in [0.3, 0.4) is 0 Å². The van der Waals surface area contributed by atoms with E-state index in [2.05, 4.69) is 4.74 Å². The van der Waals surface area contributed by atoms with E-state index in [1.54, 1.807) is 0 Å². The molecule has 1 aromatic carbocycles. The standard InChI is InChI=1S/C9H7F3O3/c1-15-6-4-2-3-5(13)7(6)8(14)9(10,11)12/h2-4,13H,1H3. The largest absolute Gasteiger partial charge is 0.507 e. The third kappa shape index (κ3) is 2.20. The summed E-state index contributed by atoms with van der Waals surface area (Å²) in [6.07, 6.45) is -5.04. The van der Waals surface area contributed by atoms with Crippen LogP contribution in [0.2, 0.25) is 0 Å². The van der Waals surface area contributed by atoms with E-state index in [1.165, 1.54) is 12.1 Å². The predicted molar refractivity (Wildman–Crippen MR) is 45.0 cm³/mol. The highest BCUT2D eigenvalue weighted by atomic mass is 19.4. The maximum atomic E-state index is 12.1. The first-order valence-electron chi connectivity index (χ1n) is 3.85. The van der Waals surface area contributed by atoms with Crippen LogP contribution in [0.1, 0.15) is 10.4 Å². The Morgan fingerprint density at radius 3 is 2.47 bits per heavy atom. The Morgan fingerprint density at radius 1 is 1.40 bits per heavy atom. The number of aromatic hydroxyl groups is 1. The SMILES string of the molecule is COc1cccc(O)c1C(=O)C(F)(F)F. The summed E-state index contributed by atoms with van der Waals surface area (Å²) in [5.41, 5.74) is -0.868. The fourth-order valence-corrected chi connectivity index (χ4v) is 1.06. The second kappa shape index (κ2) is 3.80. The van der Waals surface area contributed by atoms with E-state index < -0.39 is 23.3 Å². The molecule has 0 amide bonds. The lowest BCUT2D eigenvalue weighted by atomic mass is 10.1. The molecular formula is C9H7F3O3. The van der Waals surface area contributed by atoms with Crippen molar-refractivity contribution in [2.45, 2.75) is 6.18 Å². The summed E-state index contributed by atoms with van der Waals surface area (Å²) in [5.74, 6) is -3.19. The fourth-order valence-electron chi connectivity index (χ4n) is 1.06. The number of ether oxygens (including phenoxy) is 1. The molecule has 15 heavy (non-hydrogen) atoms. The molecule has 0 heterocycles. The number of methoxy groups -OCH3 is 1. The Bertz CT molecular complexity index is 385. The average Bonchev–Trinajstić information content (AvgIpc) is 2.15. The van der Waals surface area contributed by atoms with Gasteiger partial charge in [0.05, 0.1) is 7.11 Å². The number of carbonyl (C=O) groups is 1. The molecule has 0 bridgehead atoms. The van der Waals surface area contributed by atoms with E-state index in [0.29, 0.717) is 0 Å². The normalized spacial score (nSPS) is 11.2. The van der Waals surface area contributed by atoms with Gasteiger partial charge in [0.1, 0.15) is 17.1 Å². The molecule has 0 radical (unpaired) electrons. The number of phenolic OH excluding ortho intramolecular Hbond substituents is 1. The van der Waals surface area contributed by atoms with Crippen LogP contribution in [-0.2, 0) is 0 Å². The maximum Gasteiger partial charge on any atom is 0.455 e. The van der Waals surface area contributed by atoms with Gasteiger partial charge in [-0.2, -0.15) is 13.2 Å². The first kappa shape index (κ1) is 11.4. The molecule has 0 unspecified atom stereocenters. The van der Waals surface area contributed by atoms with Gasteiger partial charge in [-0.05, 0) is 12.1 Å². The molecule has 0 saturated carbocycles. The topological polar surface area (TPSA) is 46.5 Å². The van der Waals surface area contributed by atoms with Crippen molar-refractivity contribution in [1.82, 2.24) is 0 Å². The molecule has 0 aliphatic rings.